The molecule has 0 aromatic heterocycles. The summed E-state index contributed by atoms with van der Waals surface area (Å²) >= 11 is 6.35. The third-order valence-corrected chi connectivity index (χ3v) is 3.49. The molecule has 0 aliphatic heterocycles. The van der Waals surface area contributed by atoms with Crippen molar-refractivity contribution < 1.29 is 26.3 Å². The predicted molar refractivity (Wildman–Crippen MR) is 63.3 cm³/mol. The van der Waals surface area contributed by atoms with E-state index in [1.807, 2.05) is 0 Å². The number of alkyl halides is 6. The van der Waals surface area contributed by atoms with Gasteiger partial charge in [0.2, 0.25) is 0 Å². The molecule has 0 fully saturated rings. The van der Waals surface area contributed by atoms with Crippen LogP contribution in [0.1, 0.15) is 17.5 Å². The van der Waals surface area contributed by atoms with Gasteiger partial charge in [-0.25, -0.2) is 0 Å². The molecule has 0 N–H and O–H groups in total. The maximum atomic E-state index is 12.5. The van der Waals surface area contributed by atoms with Crippen molar-refractivity contribution in [2.45, 2.75) is 24.5 Å². The van der Waals surface area contributed by atoms with Gasteiger partial charge in [-0.1, -0.05) is 17.7 Å². The van der Waals surface area contributed by atoms with E-state index in [9.17, 15) is 26.3 Å². The smallest absolute Gasteiger partial charge is 0.171 e. The summed E-state index contributed by atoms with van der Waals surface area (Å²) < 4.78 is 73.2. The van der Waals surface area contributed by atoms with E-state index < -0.39 is 29.4 Å². The van der Waals surface area contributed by atoms with Gasteiger partial charge in [0.15, 0.2) is 0 Å². The van der Waals surface area contributed by atoms with Gasteiger partial charge in [0.05, 0.1) is 17.0 Å². The van der Waals surface area contributed by atoms with Crippen molar-refractivity contribution in [3.63, 3.8) is 0 Å². The number of rotatable bonds is 4. The zero-order valence-corrected chi connectivity index (χ0v) is 11.0. The predicted octanol–water partition coefficient (Wildman–Crippen LogP) is 5.54. The SMILES string of the molecule is FC(F)(F)CCSCc1ccc(Cl)c(C(F)(F)F)c1. The normalized spacial score (nSPS) is 12.8. The van der Waals surface area contributed by atoms with Gasteiger partial charge in [0, 0.05) is 11.5 Å². The van der Waals surface area contributed by atoms with Crippen LogP contribution in [0.3, 0.4) is 0 Å². The van der Waals surface area contributed by atoms with Crippen LogP contribution < -0.4 is 0 Å². The van der Waals surface area contributed by atoms with E-state index in [2.05, 4.69) is 0 Å². The van der Waals surface area contributed by atoms with Crippen LogP contribution in [-0.4, -0.2) is 11.9 Å². The lowest BCUT2D eigenvalue weighted by molar-refractivity contribution is -0.137. The third kappa shape index (κ3) is 5.95. The highest BCUT2D eigenvalue weighted by Crippen LogP contribution is 2.35. The summed E-state index contributed by atoms with van der Waals surface area (Å²) in [4.78, 5) is 0. The number of hydrogen-bond donors (Lipinski definition) is 0. The second-order valence-electron chi connectivity index (χ2n) is 3.73. The van der Waals surface area contributed by atoms with Crippen LogP contribution in [0.5, 0.6) is 0 Å². The molecule has 0 atom stereocenters. The van der Waals surface area contributed by atoms with E-state index in [-0.39, 0.29) is 11.5 Å². The molecule has 0 saturated carbocycles. The van der Waals surface area contributed by atoms with Crippen molar-refractivity contribution in [1.29, 1.82) is 0 Å². The zero-order chi connectivity index (χ0) is 14.7. The van der Waals surface area contributed by atoms with Crippen LogP contribution >= 0.6 is 23.4 Å². The highest BCUT2D eigenvalue weighted by molar-refractivity contribution is 7.98. The van der Waals surface area contributed by atoms with Crippen molar-refractivity contribution in [2.24, 2.45) is 0 Å². The van der Waals surface area contributed by atoms with E-state index >= 15 is 0 Å². The van der Waals surface area contributed by atoms with Gasteiger partial charge in [-0.3, -0.25) is 0 Å². The van der Waals surface area contributed by atoms with Gasteiger partial charge in [-0.2, -0.15) is 38.1 Å². The Balaban J connectivity index is 2.61. The first kappa shape index (κ1) is 16.5. The van der Waals surface area contributed by atoms with Gasteiger partial charge in [-0.05, 0) is 17.7 Å². The molecule has 0 heterocycles. The molecular weight excluding hydrogens is 314 g/mol. The molecule has 1 aromatic carbocycles. The molecule has 0 spiro atoms. The molecule has 0 aliphatic rings. The fourth-order valence-corrected chi connectivity index (χ4v) is 2.42. The molecule has 0 unspecified atom stereocenters. The van der Waals surface area contributed by atoms with Gasteiger partial charge in [0.1, 0.15) is 0 Å². The van der Waals surface area contributed by atoms with E-state index in [0.29, 0.717) is 5.56 Å². The fraction of sp³-hybridized carbons (Fsp3) is 0.455. The summed E-state index contributed by atoms with van der Waals surface area (Å²) in [7, 11) is 0. The number of halogens is 7. The van der Waals surface area contributed by atoms with Crippen molar-refractivity contribution in [3.05, 3.63) is 34.3 Å². The standard InChI is InChI=1S/C11H9ClF6S/c12-9-2-1-7(5-8(9)11(16,17)18)6-19-4-3-10(13,14)15/h1-2,5H,3-4,6H2. The average molecular weight is 323 g/mol. The molecule has 19 heavy (non-hydrogen) atoms. The second kappa shape index (κ2) is 6.26. The molecular formula is C11H9ClF6S. The second-order valence-corrected chi connectivity index (χ2v) is 5.24. The van der Waals surface area contributed by atoms with E-state index in [1.165, 1.54) is 6.07 Å². The molecule has 0 aliphatic carbocycles. The highest BCUT2D eigenvalue weighted by Gasteiger charge is 2.33. The maximum absolute atomic E-state index is 12.5. The summed E-state index contributed by atoms with van der Waals surface area (Å²) in [5.74, 6) is -0.107. The van der Waals surface area contributed by atoms with Gasteiger partial charge >= 0.3 is 12.4 Å². The number of thioether (sulfide) groups is 1. The van der Waals surface area contributed by atoms with Gasteiger partial charge in [-0.15, -0.1) is 0 Å². The quantitative estimate of drug-likeness (QED) is 0.517. The van der Waals surface area contributed by atoms with E-state index in [4.69, 9.17) is 11.6 Å². The van der Waals surface area contributed by atoms with Crippen LogP contribution in [0, 0.1) is 0 Å². The Labute approximate surface area is 115 Å². The lowest BCUT2D eigenvalue weighted by Crippen LogP contribution is -2.08. The molecule has 1 rings (SSSR count). The molecule has 0 amide bonds. The van der Waals surface area contributed by atoms with Gasteiger partial charge in [0.25, 0.3) is 0 Å². The van der Waals surface area contributed by atoms with Crippen molar-refractivity contribution in [3.8, 4) is 0 Å². The lowest BCUT2D eigenvalue weighted by Gasteiger charge is -2.11. The molecule has 0 bridgehead atoms. The Bertz CT molecular complexity index is 426. The minimum Gasteiger partial charge on any atom is -0.171 e. The maximum Gasteiger partial charge on any atom is 0.417 e. The Hall–Kier alpha value is -0.560. The zero-order valence-electron chi connectivity index (χ0n) is 9.41. The average Bonchev–Trinajstić information content (AvgIpc) is 2.23. The van der Waals surface area contributed by atoms with Crippen molar-refractivity contribution >= 4 is 23.4 Å². The minimum absolute atomic E-state index is 0.0797. The first-order chi connectivity index (χ1) is 8.59. The minimum atomic E-state index is -4.57. The first-order valence-electron chi connectivity index (χ1n) is 5.10. The molecule has 8 heteroatoms. The highest BCUT2D eigenvalue weighted by atomic mass is 35.5. The number of benzene rings is 1. The molecule has 1 aromatic rings. The fourth-order valence-electron chi connectivity index (χ4n) is 1.26. The topological polar surface area (TPSA) is 0 Å². The van der Waals surface area contributed by atoms with E-state index in [1.54, 1.807) is 0 Å². The summed E-state index contributed by atoms with van der Waals surface area (Å²) in [5, 5.41) is -0.420. The largest absolute Gasteiger partial charge is 0.417 e. The molecule has 108 valence electrons. The summed E-state index contributed by atoms with van der Waals surface area (Å²) in [6.45, 7) is 0. The number of hydrogen-bond acceptors (Lipinski definition) is 1. The monoisotopic (exact) mass is 322 g/mol. The van der Waals surface area contributed by atoms with Gasteiger partial charge < -0.3 is 0 Å². The van der Waals surface area contributed by atoms with Crippen LogP contribution in [-0.2, 0) is 11.9 Å². The van der Waals surface area contributed by atoms with Crippen LogP contribution in [0.15, 0.2) is 18.2 Å². The van der Waals surface area contributed by atoms with Crippen LogP contribution in [0.2, 0.25) is 5.02 Å². The molecule has 0 radical (unpaired) electrons. The Morgan fingerprint density at radius 2 is 1.68 bits per heavy atom. The van der Waals surface area contributed by atoms with Crippen LogP contribution in [0.4, 0.5) is 26.3 Å². The lowest BCUT2D eigenvalue weighted by atomic mass is 10.1. The first-order valence-corrected chi connectivity index (χ1v) is 6.63. The molecule has 0 saturated heterocycles. The third-order valence-electron chi connectivity index (χ3n) is 2.13. The van der Waals surface area contributed by atoms with Crippen LogP contribution in [0.25, 0.3) is 0 Å². The summed E-state index contributed by atoms with van der Waals surface area (Å²) in [6, 6.07) is 3.34. The van der Waals surface area contributed by atoms with E-state index in [0.717, 1.165) is 23.9 Å². The summed E-state index contributed by atoms with van der Waals surface area (Å²) in [6.07, 6.45) is -9.77. The molecule has 0 nitrogen and oxygen atoms in total. The Morgan fingerprint density at radius 3 is 2.21 bits per heavy atom. The van der Waals surface area contributed by atoms with Crippen molar-refractivity contribution in [2.75, 3.05) is 5.75 Å². The Morgan fingerprint density at radius 1 is 1.05 bits per heavy atom. The Kier molecular flexibility index (Phi) is 5.43. The summed E-state index contributed by atoms with van der Waals surface area (Å²) in [5.41, 5.74) is -0.674. The van der Waals surface area contributed by atoms with Crippen molar-refractivity contribution in [1.82, 2.24) is 0 Å².